The van der Waals surface area contributed by atoms with E-state index < -0.39 is 11.4 Å². The SMILES string of the molecule is CC(C)(O)CN1CCC(N(C(=O)c2cc(-c3ccc(C#N)cc3F)on2)C2CC2)CC1. The van der Waals surface area contributed by atoms with Crippen LogP contribution in [0.3, 0.4) is 0 Å². The van der Waals surface area contributed by atoms with Crippen molar-refractivity contribution < 1.29 is 18.8 Å². The number of halogens is 1. The molecule has 1 aliphatic carbocycles. The van der Waals surface area contributed by atoms with Crippen molar-refractivity contribution in [2.75, 3.05) is 19.6 Å². The average Bonchev–Trinajstić information content (AvgIpc) is 3.43. The molecule has 1 saturated heterocycles. The van der Waals surface area contributed by atoms with Gasteiger partial charge >= 0.3 is 0 Å². The van der Waals surface area contributed by atoms with E-state index in [1.165, 1.54) is 18.2 Å². The fourth-order valence-corrected chi connectivity index (χ4v) is 4.31. The Morgan fingerprint density at radius 3 is 2.55 bits per heavy atom. The minimum absolute atomic E-state index is 0.116. The Morgan fingerprint density at radius 1 is 1.29 bits per heavy atom. The molecule has 7 nitrogen and oxygen atoms in total. The monoisotopic (exact) mass is 426 g/mol. The van der Waals surface area contributed by atoms with Crippen molar-refractivity contribution >= 4 is 5.91 Å². The highest BCUT2D eigenvalue weighted by atomic mass is 19.1. The van der Waals surface area contributed by atoms with E-state index in [1.807, 2.05) is 11.0 Å². The van der Waals surface area contributed by atoms with E-state index in [1.54, 1.807) is 13.8 Å². The molecule has 0 radical (unpaired) electrons. The highest BCUT2D eigenvalue weighted by molar-refractivity contribution is 5.93. The summed E-state index contributed by atoms with van der Waals surface area (Å²) < 4.78 is 19.6. The van der Waals surface area contributed by atoms with E-state index in [0.717, 1.165) is 44.8 Å². The van der Waals surface area contributed by atoms with Gasteiger partial charge in [0.1, 0.15) is 5.82 Å². The number of benzene rings is 1. The zero-order chi connectivity index (χ0) is 22.2. The van der Waals surface area contributed by atoms with Crippen LogP contribution < -0.4 is 0 Å². The number of hydrogen-bond acceptors (Lipinski definition) is 6. The van der Waals surface area contributed by atoms with Crippen molar-refractivity contribution in [1.82, 2.24) is 15.0 Å². The van der Waals surface area contributed by atoms with Crippen LogP contribution in [-0.4, -0.2) is 63.3 Å². The Morgan fingerprint density at radius 2 is 1.97 bits per heavy atom. The number of aromatic nitrogens is 1. The van der Waals surface area contributed by atoms with Crippen LogP contribution in [0.1, 0.15) is 55.6 Å². The Balaban J connectivity index is 1.47. The molecule has 2 heterocycles. The summed E-state index contributed by atoms with van der Waals surface area (Å²) in [5.41, 5.74) is -0.183. The van der Waals surface area contributed by atoms with Gasteiger partial charge < -0.3 is 19.4 Å². The first-order valence-corrected chi connectivity index (χ1v) is 10.7. The lowest BCUT2D eigenvalue weighted by Crippen LogP contribution is -2.50. The van der Waals surface area contributed by atoms with Crippen molar-refractivity contribution in [2.24, 2.45) is 0 Å². The fourth-order valence-electron chi connectivity index (χ4n) is 4.31. The van der Waals surface area contributed by atoms with Crippen LogP contribution in [0.5, 0.6) is 0 Å². The Bertz CT molecular complexity index is 995. The number of aliphatic hydroxyl groups is 1. The summed E-state index contributed by atoms with van der Waals surface area (Å²) in [5, 5.41) is 22.9. The summed E-state index contributed by atoms with van der Waals surface area (Å²) in [6.45, 7) is 5.87. The second-order valence-corrected chi connectivity index (χ2v) is 9.15. The van der Waals surface area contributed by atoms with Gasteiger partial charge in [0.15, 0.2) is 11.5 Å². The van der Waals surface area contributed by atoms with Gasteiger partial charge in [-0.25, -0.2) is 4.39 Å². The Kier molecular flexibility index (Phi) is 5.82. The van der Waals surface area contributed by atoms with Gasteiger partial charge in [0.05, 0.1) is 22.8 Å². The predicted octanol–water partition coefficient (Wildman–Crippen LogP) is 3.19. The van der Waals surface area contributed by atoms with Crippen LogP contribution in [0, 0.1) is 17.1 Å². The Hall–Kier alpha value is -2.76. The van der Waals surface area contributed by atoms with E-state index in [9.17, 15) is 14.3 Å². The fraction of sp³-hybridized carbons (Fsp3) is 0.522. The molecule has 0 spiro atoms. The Labute approximate surface area is 181 Å². The topological polar surface area (TPSA) is 93.6 Å². The smallest absolute Gasteiger partial charge is 0.276 e. The molecule has 8 heteroatoms. The predicted molar refractivity (Wildman–Crippen MR) is 112 cm³/mol. The van der Waals surface area contributed by atoms with Gasteiger partial charge in [0.2, 0.25) is 0 Å². The standard InChI is InChI=1S/C23H27FN4O3/c1-23(2,30)14-27-9-7-17(8-10-27)28(16-4-5-16)22(29)20-12-21(31-26-20)18-6-3-15(13-25)11-19(18)24/h3,6,11-12,16-17,30H,4-5,7-10,14H2,1-2H3. The van der Waals surface area contributed by atoms with Crippen molar-refractivity contribution in [3.63, 3.8) is 0 Å². The number of carbonyl (C=O) groups is 1. The second-order valence-electron chi connectivity index (χ2n) is 9.15. The summed E-state index contributed by atoms with van der Waals surface area (Å²) in [6, 6.07) is 7.79. The number of hydrogen-bond donors (Lipinski definition) is 1. The molecule has 1 N–H and O–H groups in total. The average molecular weight is 426 g/mol. The van der Waals surface area contributed by atoms with Crippen molar-refractivity contribution in [2.45, 2.75) is 57.2 Å². The maximum atomic E-state index is 14.3. The zero-order valence-electron chi connectivity index (χ0n) is 17.8. The summed E-state index contributed by atoms with van der Waals surface area (Å²) in [5.74, 6) is -0.610. The molecule has 1 aliphatic heterocycles. The van der Waals surface area contributed by atoms with Crippen LogP contribution in [0.25, 0.3) is 11.3 Å². The number of β-amino-alcohol motifs (C(OH)–C–C–N with tert-alkyl or cyclic N) is 1. The van der Waals surface area contributed by atoms with Gasteiger partial charge in [0, 0.05) is 37.8 Å². The highest BCUT2D eigenvalue weighted by Crippen LogP contribution is 2.34. The molecule has 2 fully saturated rings. The van der Waals surface area contributed by atoms with Crippen LogP contribution in [0.4, 0.5) is 4.39 Å². The highest BCUT2D eigenvalue weighted by Gasteiger charge is 2.40. The molecular formula is C23H27FN4O3. The van der Waals surface area contributed by atoms with E-state index >= 15 is 0 Å². The van der Waals surface area contributed by atoms with Gasteiger partial charge in [-0.3, -0.25) is 4.79 Å². The minimum atomic E-state index is -0.739. The van der Waals surface area contributed by atoms with Gasteiger partial charge in [-0.15, -0.1) is 0 Å². The molecule has 2 aromatic rings. The lowest BCUT2D eigenvalue weighted by molar-refractivity contribution is 0.0155. The molecular weight excluding hydrogens is 399 g/mol. The maximum Gasteiger partial charge on any atom is 0.276 e. The van der Waals surface area contributed by atoms with E-state index in [4.69, 9.17) is 9.78 Å². The molecule has 0 unspecified atom stereocenters. The zero-order valence-corrected chi connectivity index (χ0v) is 17.8. The normalized spacial score (nSPS) is 18.0. The van der Waals surface area contributed by atoms with Gasteiger partial charge in [0.25, 0.3) is 5.91 Å². The third-order valence-corrected chi connectivity index (χ3v) is 5.83. The van der Waals surface area contributed by atoms with E-state index in [0.29, 0.717) is 6.54 Å². The number of amides is 1. The quantitative estimate of drug-likeness (QED) is 0.763. The number of piperidine rings is 1. The van der Waals surface area contributed by atoms with Gasteiger partial charge in [-0.1, -0.05) is 5.16 Å². The second kappa shape index (κ2) is 8.40. The first kappa shape index (κ1) is 21.5. The molecule has 0 atom stereocenters. The summed E-state index contributed by atoms with van der Waals surface area (Å²) in [6.07, 6.45) is 3.63. The maximum absolute atomic E-state index is 14.3. The molecule has 1 amide bonds. The number of carbonyl (C=O) groups excluding carboxylic acids is 1. The third-order valence-electron chi connectivity index (χ3n) is 5.83. The number of nitriles is 1. The molecule has 164 valence electrons. The van der Waals surface area contributed by atoms with Crippen LogP contribution >= 0.6 is 0 Å². The van der Waals surface area contributed by atoms with Crippen molar-refractivity contribution in [1.29, 1.82) is 5.26 Å². The van der Waals surface area contributed by atoms with E-state index in [-0.39, 0.29) is 40.6 Å². The van der Waals surface area contributed by atoms with Crippen LogP contribution in [0.2, 0.25) is 0 Å². The lowest BCUT2D eigenvalue weighted by Gasteiger charge is -2.40. The largest absolute Gasteiger partial charge is 0.389 e. The van der Waals surface area contributed by atoms with Crippen LogP contribution in [0.15, 0.2) is 28.8 Å². The summed E-state index contributed by atoms with van der Waals surface area (Å²) in [7, 11) is 0. The summed E-state index contributed by atoms with van der Waals surface area (Å²) >= 11 is 0. The van der Waals surface area contributed by atoms with Gasteiger partial charge in [-0.05, 0) is 57.7 Å². The van der Waals surface area contributed by atoms with Crippen molar-refractivity contribution in [3.05, 3.63) is 41.3 Å². The molecule has 1 aromatic carbocycles. The first-order valence-electron chi connectivity index (χ1n) is 10.7. The van der Waals surface area contributed by atoms with Crippen LogP contribution in [-0.2, 0) is 0 Å². The van der Waals surface area contributed by atoms with Gasteiger partial charge in [-0.2, -0.15) is 5.26 Å². The molecule has 31 heavy (non-hydrogen) atoms. The summed E-state index contributed by atoms with van der Waals surface area (Å²) in [4.78, 5) is 17.4. The molecule has 0 bridgehead atoms. The minimum Gasteiger partial charge on any atom is -0.389 e. The first-order chi connectivity index (χ1) is 14.7. The van der Waals surface area contributed by atoms with E-state index in [2.05, 4.69) is 10.1 Å². The molecule has 1 aromatic heterocycles. The number of likely N-dealkylation sites (tertiary alicyclic amines) is 1. The molecule has 4 rings (SSSR count). The third kappa shape index (κ3) is 4.94. The molecule has 1 saturated carbocycles. The van der Waals surface area contributed by atoms with Crippen molar-refractivity contribution in [3.8, 4) is 17.4 Å². The molecule has 2 aliphatic rings. The number of nitrogens with zero attached hydrogens (tertiary/aromatic N) is 4. The lowest BCUT2D eigenvalue weighted by atomic mass is 10.00. The number of rotatable bonds is 6.